The minimum Gasteiger partial charge on any atom is -0.464 e. The van der Waals surface area contributed by atoms with Crippen LogP contribution in [0.2, 0.25) is 0 Å². The predicted molar refractivity (Wildman–Crippen MR) is 134 cm³/mol. The molecular formula is C28H25NO6. The van der Waals surface area contributed by atoms with E-state index >= 15 is 0 Å². The average Bonchev–Trinajstić information content (AvgIpc) is 3.28. The van der Waals surface area contributed by atoms with E-state index in [2.05, 4.69) is 35.6 Å². The van der Waals surface area contributed by atoms with Crippen LogP contribution in [0.15, 0.2) is 74.5 Å². The number of hydrogen-bond donors (Lipinski definition) is 3. The molecule has 1 amide bonds. The van der Waals surface area contributed by atoms with E-state index in [9.17, 15) is 14.7 Å². The molecule has 0 saturated carbocycles. The van der Waals surface area contributed by atoms with Gasteiger partial charge in [0.2, 0.25) is 5.91 Å². The highest BCUT2D eigenvalue weighted by atomic mass is 16.4. The van der Waals surface area contributed by atoms with Crippen molar-refractivity contribution in [3.05, 3.63) is 82.4 Å². The third-order valence-corrected chi connectivity index (χ3v) is 6.39. The van der Waals surface area contributed by atoms with E-state index in [-0.39, 0.29) is 25.3 Å². The maximum atomic E-state index is 12.7. The van der Waals surface area contributed by atoms with Gasteiger partial charge in [0.15, 0.2) is 0 Å². The lowest BCUT2D eigenvalue weighted by atomic mass is 9.97. The van der Waals surface area contributed by atoms with Crippen molar-refractivity contribution in [3.8, 4) is 11.1 Å². The Labute approximate surface area is 200 Å². The van der Waals surface area contributed by atoms with Gasteiger partial charge in [0.05, 0.1) is 19.0 Å². The fourth-order valence-corrected chi connectivity index (χ4v) is 4.40. The number of rotatable bonds is 7. The van der Waals surface area contributed by atoms with Gasteiger partial charge in [-0.3, -0.25) is 4.79 Å². The van der Waals surface area contributed by atoms with Gasteiger partial charge in [-0.15, -0.1) is 0 Å². The van der Waals surface area contributed by atoms with Crippen molar-refractivity contribution in [2.45, 2.75) is 25.9 Å². The third kappa shape index (κ3) is 4.43. The van der Waals surface area contributed by atoms with Gasteiger partial charge in [-0.05, 0) is 47.4 Å². The smallest absolute Gasteiger partial charge is 0.339 e. The molecule has 0 aliphatic heterocycles. The van der Waals surface area contributed by atoms with E-state index in [0.29, 0.717) is 16.7 Å². The molecule has 7 nitrogen and oxygen atoms in total. The van der Waals surface area contributed by atoms with Gasteiger partial charge in [0.1, 0.15) is 11.2 Å². The van der Waals surface area contributed by atoms with Crippen LogP contribution in [0.4, 0.5) is 0 Å². The SMILES string of the molecule is Cc1c(CCC(=O)NCC(O)CO)c(=O)oc2cc3occ(-c4ccc5ccccc5c4)c3cc12. The van der Waals surface area contributed by atoms with Crippen LogP contribution < -0.4 is 10.9 Å². The molecule has 178 valence electrons. The van der Waals surface area contributed by atoms with Crippen molar-refractivity contribution >= 4 is 38.6 Å². The summed E-state index contributed by atoms with van der Waals surface area (Å²) in [5.74, 6) is -0.319. The number of aliphatic hydroxyl groups excluding tert-OH is 2. The van der Waals surface area contributed by atoms with Crippen LogP contribution in [0.1, 0.15) is 17.5 Å². The van der Waals surface area contributed by atoms with E-state index in [1.807, 2.05) is 25.1 Å². The van der Waals surface area contributed by atoms with Gasteiger partial charge in [-0.25, -0.2) is 4.79 Å². The molecular weight excluding hydrogens is 446 g/mol. The highest BCUT2D eigenvalue weighted by molar-refractivity contribution is 6.03. The number of furan rings is 1. The first-order valence-electron chi connectivity index (χ1n) is 11.5. The fraction of sp³-hybridized carbons (Fsp3) is 0.214. The summed E-state index contributed by atoms with van der Waals surface area (Å²) in [7, 11) is 0. The number of benzene rings is 3. The Bertz CT molecular complexity index is 1610. The summed E-state index contributed by atoms with van der Waals surface area (Å²) >= 11 is 0. The van der Waals surface area contributed by atoms with E-state index in [1.54, 1.807) is 12.3 Å². The topological polar surface area (TPSA) is 113 Å². The van der Waals surface area contributed by atoms with Crippen molar-refractivity contribution in [1.82, 2.24) is 5.32 Å². The Balaban J connectivity index is 1.50. The lowest BCUT2D eigenvalue weighted by Gasteiger charge is -2.10. The Hall–Kier alpha value is -3.94. The fourth-order valence-electron chi connectivity index (χ4n) is 4.40. The summed E-state index contributed by atoms with van der Waals surface area (Å²) < 4.78 is 11.4. The van der Waals surface area contributed by atoms with Crippen LogP contribution in [0.5, 0.6) is 0 Å². The minimum atomic E-state index is -1.01. The molecule has 0 spiro atoms. The van der Waals surface area contributed by atoms with Crippen LogP contribution in [0, 0.1) is 6.92 Å². The van der Waals surface area contributed by atoms with Crippen LogP contribution in [-0.2, 0) is 11.2 Å². The largest absolute Gasteiger partial charge is 0.464 e. The van der Waals surface area contributed by atoms with E-state index in [0.717, 1.165) is 38.2 Å². The number of aryl methyl sites for hydroxylation is 1. The first kappa shape index (κ1) is 22.8. The molecule has 2 aromatic heterocycles. The average molecular weight is 472 g/mol. The zero-order valence-electron chi connectivity index (χ0n) is 19.2. The number of carbonyl (C=O) groups excluding carboxylic acids is 1. The number of amides is 1. The van der Waals surface area contributed by atoms with Crippen molar-refractivity contribution in [2.75, 3.05) is 13.2 Å². The van der Waals surface area contributed by atoms with Gasteiger partial charge in [0.25, 0.3) is 0 Å². The Morgan fingerprint density at radius 1 is 1.03 bits per heavy atom. The third-order valence-electron chi connectivity index (χ3n) is 6.39. The quantitative estimate of drug-likeness (QED) is 0.309. The minimum absolute atomic E-state index is 0.0450. The molecule has 7 heteroatoms. The van der Waals surface area contributed by atoms with Crippen molar-refractivity contribution in [2.24, 2.45) is 0 Å². The molecule has 0 bridgehead atoms. The standard InChI is InChI=1S/C28H25NO6/c1-16-21(8-9-27(32)29-13-20(31)14-30)28(33)35-26-12-25-23(11-22(16)26)24(15-34-25)19-7-6-17-4-2-3-5-18(17)10-19/h2-7,10-12,15,20,30-31H,8-9,13-14H2,1H3,(H,29,32). The second-order valence-corrected chi connectivity index (χ2v) is 8.69. The van der Waals surface area contributed by atoms with Gasteiger partial charge in [-0.1, -0.05) is 36.4 Å². The first-order chi connectivity index (χ1) is 16.9. The second-order valence-electron chi connectivity index (χ2n) is 8.69. The number of carbonyl (C=O) groups is 1. The molecule has 0 aliphatic rings. The van der Waals surface area contributed by atoms with Crippen LogP contribution in [0.3, 0.4) is 0 Å². The molecule has 0 saturated heterocycles. The van der Waals surface area contributed by atoms with E-state index in [4.69, 9.17) is 13.9 Å². The highest BCUT2D eigenvalue weighted by Gasteiger charge is 2.17. The zero-order valence-corrected chi connectivity index (χ0v) is 19.2. The highest BCUT2D eigenvalue weighted by Crippen LogP contribution is 2.35. The molecule has 1 atom stereocenters. The summed E-state index contributed by atoms with van der Waals surface area (Å²) in [6.07, 6.45) is 0.964. The summed E-state index contributed by atoms with van der Waals surface area (Å²) in [5.41, 5.74) is 3.73. The molecule has 3 aromatic carbocycles. The molecule has 0 aliphatic carbocycles. The maximum absolute atomic E-state index is 12.7. The summed E-state index contributed by atoms with van der Waals surface area (Å²) in [4.78, 5) is 24.8. The van der Waals surface area contributed by atoms with Crippen LogP contribution >= 0.6 is 0 Å². The number of hydrogen-bond acceptors (Lipinski definition) is 6. The molecule has 3 N–H and O–H groups in total. The molecule has 5 aromatic rings. The number of fused-ring (bicyclic) bond motifs is 3. The zero-order chi connectivity index (χ0) is 24.5. The predicted octanol–water partition coefficient (Wildman–Crippen LogP) is 4.07. The maximum Gasteiger partial charge on any atom is 0.339 e. The van der Waals surface area contributed by atoms with E-state index in [1.165, 1.54) is 0 Å². The lowest BCUT2D eigenvalue weighted by Crippen LogP contribution is -2.34. The monoisotopic (exact) mass is 471 g/mol. The van der Waals surface area contributed by atoms with Gasteiger partial charge in [0, 0.05) is 40.9 Å². The summed E-state index contributed by atoms with van der Waals surface area (Å²) in [6, 6.07) is 18.1. The van der Waals surface area contributed by atoms with Gasteiger partial charge in [-0.2, -0.15) is 0 Å². The van der Waals surface area contributed by atoms with Gasteiger partial charge >= 0.3 is 5.63 Å². The Kier molecular flexibility index (Phi) is 6.11. The van der Waals surface area contributed by atoms with E-state index < -0.39 is 18.3 Å². The number of nitrogens with one attached hydrogen (secondary N) is 1. The number of aliphatic hydroxyl groups is 2. The lowest BCUT2D eigenvalue weighted by molar-refractivity contribution is -0.121. The summed E-state index contributed by atoms with van der Waals surface area (Å²) in [5, 5.41) is 24.8. The van der Waals surface area contributed by atoms with Gasteiger partial charge < -0.3 is 24.4 Å². The summed E-state index contributed by atoms with van der Waals surface area (Å²) in [6.45, 7) is 1.37. The van der Waals surface area contributed by atoms with Crippen LogP contribution in [-0.4, -0.2) is 35.4 Å². The molecule has 0 radical (unpaired) electrons. The molecule has 2 heterocycles. The molecule has 0 fully saturated rings. The Morgan fingerprint density at radius 2 is 1.83 bits per heavy atom. The Morgan fingerprint density at radius 3 is 2.63 bits per heavy atom. The second kappa shape index (κ2) is 9.37. The van der Waals surface area contributed by atoms with Crippen molar-refractivity contribution in [1.29, 1.82) is 0 Å². The van der Waals surface area contributed by atoms with Crippen molar-refractivity contribution in [3.63, 3.8) is 0 Å². The first-order valence-corrected chi connectivity index (χ1v) is 11.5. The molecule has 35 heavy (non-hydrogen) atoms. The van der Waals surface area contributed by atoms with Crippen LogP contribution in [0.25, 0.3) is 43.8 Å². The molecule has 5 rings (SSSR count). The van der Waals surface area contributed by atoms with Crippen molar-refractivity contribution < 1.29 is 23.8 Å². The normalized spacial score (nSPS) is 12.4. The molecule has 1 unspecified atom stereocenters.